The minimum Gasteiger partial charge on any atom is -0.320 e. The topological polar surface area (TPSA) is 29.9 Å². The Labute approximate surface area is 90.4 Å². The number of halogens is 1. The van der Waals surface area contributed by atoms with Gasteiger partial charge >= 0.3 is 0 Å². The minimum atomic E-state index is 0.0609. The Morgan fingerprint density at radius 3 is 2.64 bits per heavy atom. The third kappa shape index (κ3) is 2.28. The van der Waals surface area contributed by atoms with Gasteiger partial charge in [-0.2, -0.15) is 5.10 Å². The molecular weight excluding hydrogens is 198 g/mol. The summed E-state index contributed by atoms with van der Waals surface area (Å²) in [4.78, 5) is 0. The number of hydrogen-bond donors (Lipinski definition) is 1. The second-order valence-electron chi connectivity index (χ2n) is 4.20. The number of hydrogen-bond acceptors (Lipinski definition) is 2. The van der Waals surface area contributed by atoms with Gasteiger partial charge in [0.2, 0.25) is 0 Å². The lowest BCUT2D eigenvalue weighted by molar-refractivity contribution is 0.434. The number of rotatable bonds is 4. The monoisotopic (exact) mass is 215 g/mol. The van der Waals surface area contributed by atoms with Crippen LogP contribution in [-0.4, -0.2) is 23.4 Å². The van der Waals surface area contributed by atoms with Gasteiger partial charge in [-0.15, -0.1) is 0 Å². The summed E-state index contributed by atoms with van der Waals surface area (Å²) >= 11 is 6.10. The first-order valence-corrected chi connectivity index (χ1v) is 5.19. The van der Waals surface area contributed by atoms with Crippen molar-refractivity contribution in [3.63, 3.8) is 0 Å². The van der Waals surface area contributed by atoms with Crippen LogP contribution in [0.2, 0.25) is 5.02 Å². The number of nitrogens with one attached hydrogen (secondary N) is 1. The van der Waals surface area contributed by atoms with Crippen LogP contribution in [0.5, 0.6) is 0 Å². The van der Waals surface area contributed by atoms with Crippen molar-refractivity contribution in [2.45, 2.75) is 25.7 Å². The van der Waals surface area contributed by atoms with Crippen LogP contribution >= 0.6 is 11.6 Å². The predicted octanol–water partition coefficient (Wildman–Crippen LogP) is 1.96. The normalized spacial score (nSPS) is 12.1. The second-order valence-corrected chi connectivity index (χ2v) is 4.61. The van der Waals surface area contributed by atoms with Gasteiger partial charge in [-0.1, -0.05) is 25.4 Å². The average molecular weight is 216 g/mol. The van der Waals surface area contributed by atoms with Gasteiger partial charge in [0.1, 0.15) is 0 Å². The highest BCUT2D eigenvalue weighted by Crippen LogP contribution is 2.31. The van der Waals surface area contributed by atoms with E-state index in [4.69, 9.17) is 11.6 Å². The summed E-state index contributed by atoms with van der Waals surface area (Å²) in [5.74, 6) is 0. The third-order valence-electron chi connectivity index (χ3n) is 2.54. The van der Waals surface area contributed by atoms with Crippen LogP contribution in [-0.2, 0) is 12.5 Å². The fraction of sp³-hybridized carbons (Fsp3) is 0.700. The summed E-state index contributed by atoms with van der Waals surface area (Å²) in [6, 6.07) is 0. The molecule has 0 aliphatic heterocycles. The van der Waals surface area contributed by atoms with E-state index in [1.54, 1.807) is 6.20 Å². The molecule has 0 amide bonds. The smallest absolute Gasteiger partial charge is 0.0823 e. The van der Waals surface area contributed by atoms with Crippen molar-refractivity contribution in [3.05, 3.63) is 16.9 Å². The van der Waals surface area contributed by atoms with Crippen molar-refractivity contribution < 1.29 is 0 Å². The van der Waals surface area contributed by atoms with Crippen LogP contribution in [0.3, 0.4) is 0 Å². The Balaban J connectivity index is 2.90. The average Bonchev–Trinajstić information content (AvgIpc) is 2.43. The predicted molar refractivity (Wildman–Crippen MR) is 59.8 cm³/mol. The van der Waals surface area contributed by atoms with Gasteiger partial charge in [0.25, 0.3) is 0 Å². The van der Waals surface area contributed by atoms with Gasteiger partial charge in [0.05, 0.1) is 16.9 Å². The van der Waals surface area contributed by atoms with Gasteiger partial charge < -0.3 is 5.32 Å². The molecule has 0 bridgehead atoms. The number of aryl methyl sites for hydroxylation is 1. The van der Waals surface area contributed by atoms with E-state index >= 15 is 0 Å². The third-order valence-corrected chi connectivity index (χ3v) is 2.81. The van der Waals surface area contributed by atoms with E-state index in [0.717, 1.165) is 23.7 Å². The number of aromatic nitrogens is 2. The minimum absolute atomic E-state index is 0.0609. The van der Waals surface area contributed by atoms with Gasteiger partial charge in [-0.3, -0.25) is 4.68 Å². The fourth-order valence-corrected chi connectivity index (χ4v) is 2.15. The van der Waals surface area contributed by atoms with E-state index in [9.17, 15) is 0 Å². The molecule has 0 atom stereocenters. The SMILES string of the molecule is CNCCC(C)(C)c1c(Cl)cnn1C. The summed E-state index contributed by atoms with van der Waals surface area (Å²) in [6.45, 7) is 5.36. The lowest BCUT2D eigenvalue weighted by atomic mass is 9.85. The molecule has 4 heteroatoms. The maximum Gasteiger partial charge on any atom is 0.0823 e. The number of nitrogens with zero attached hydrogens (tertiary/aromatic N) is 2. The summed E-state index contributed by atoms with van der Waals surface area (Å²) < 4.78 is 1.86. The lowest BCUT2D eigenvalue weighted by Crippen LogP contribution is -2.26. The molecule has 0 radical (unpaired) electrons. The van der Waals surface area contributed by atoms with Gasteiger partial charge in [-0.05, 0) is 20.0 Å². The molecule has 0 fully saturated rings. The zero-order chi connectivity index (χ0) is 10.8. The lowest BCUT2D eigenvalue weighted by Gasteiger charge is -2.25. The van der Waals surface area contributed by atoms with Crippen LogP contribution < -0.4 is 5.32 Å². The van der Waals surface area contributed by atoms with Crippen LogP contribution in [0.1, 0.15) is 26.0 Å². The van der Waals surface area contributed by atoms with Crippen molar-refractivity contribution >= 4 is 11.6 Å². The van der Waals surface area contributed by atoms with Crippen LogP contribution in [0.15, 0.2) is 6.20 Å². The molecule has 1 aromatic rings. The Kier molecular flexibility index (Phi) is 3.56. The molecule has 0 saturated heterocycles. The van der Waals surface area contributed by atoms with Crippen molar-refractivity contribution in [1.82, 2.24) is 15.1 Å². The maximum atomic E-state index is 6.10. The molecule has 0 aliphatic carbocycles. The molecule has 1 aromatic heterocycles. The van der Waals surface area contributed by atoms with Gasteiger partial charge in [-0.25, -0.2) is 0 Å². The molecule has 14 heavy (non-hydrogen) atoms. The molecule has 3 nitrogen and oxygen atoms in total. The van der Waals surface area contributed by atoms with Gasteiger partial charge in [0.15, 0.2) is 0 Å². The first-order chi connectivity index (χ1) is 6.49. The van der Waals surface area contributed by atoms with E-state index < -0.39 is 0 Å². The van der Waals surface area contributed by atoms with E-state index in [0.29, 0.717) is 0 Å². The van der Waals surface area contributed by atoms with E-state index in [1.165, 1.54) is 0 Å². The molecule has 1 heterocycles. The Bertz CT molecular complexity index is 285. The highest BCUT2D eigenvalue weighted by molar-refractivity contribution is 6.31. The van der Waals surface area contributed by atoms with E-state index in [2.05, 4.69) is 24.3 Å². The zero-order valence-electron chi connectivity index (χ0n) is 9.26. The first kappa shape index (κ1) is 11.5. The fourth-order valence-electron chi connectivity index (χ4n) is 1.73. The maximum absolute atomic E-state index is 6.10. The quantitative estimate of drug-likeness (QED) is 0.832. The first-order valence-electron chi connectivity index (χ1n) is 4.81. The van der Waals surface area contributed by atoms with Crippen molar-refractivity contribution in [3.8, 4) is 0 Å². The molecule has 1 rings (SSSR count). The molecule has 0 unspecified atom stereocenters. The molecule has 0 spiro atoms. The zero-order valence-corrected chi connectivity index (χ0v) is 10.0. The molecular formula is C10H18ClN3. The van der Waals surface area contributed by atoms with Gasteiger partial charge in [0, 0.05) is 12.5 Å². The molecule has 80 valence electrons. The molecule has 1 N–H and O–H groups in total. The Morgan fingerprint density at radius 1 is 1.57 bits per heavy atom. The van der Waals surface area contributed by atoms with Crippen molar-refractivity contribution in [1.29, 1.82) is 0 Å². The highest BCUT2D eigenvalue weighted by atomic mass is 35.5. The van der Waals surface area contributed by atoms with Crippen molar-refractivity contribution in [2.75, 3.05) is 13.6 Å². The Hall–Kier alpha value is -0.540. The van der Waals surface area contributed by atoms with Crippen LogP contribution in [0.25, 0.3) is 0 Å². The Morgan fingerprint density at radius 2 is 2.21 bits per heavy atom. The summed E-state index contributed by atoms with van der Waals surface area (Å²) in [5, 5.41) is 8.06. The highest BCUT2D eigenvalue weighted by Gasteiger charge is 2.26. The summed E-state index contributed by atoms with van der Waals surface area (Å²) in [6.07, 6.45) is 2.75. The van der Waals surface area contributed by atoms with E-state index in [1.807, 2.05) is 18.8 Å². The largest absolute Gasteiger partial charge is 0.320 e. The summed E-state index contributed by atoms with van der Waals surface area (Å²) in [5.41, 5.74) is 1.17. The molecule has 0 aromatic carbocycles. The second kappa shape index (κ2) is 4.32. The molecule has 0 aliphatic rings. The van der Waals surface area contributed by atoms with Crippen LogP contribution in [0.4, 0.5) is 0 Å². The van der Waals surface area contributed by atoms with E-state index in [-0.39, 0.29) is 5.41 Å². The van der Waals surface area contributed by atoms with Crippen molar-refractivity contribution in [2.24, 2.45) is 7.05 Å². The summed E-state index contributed by atoms with van der Waals surface area (Å²) in [7, 11) is 3.89. The molecule has 0 saturated carbocycles. The standard InChI is InChI=1S/C10H18ClN3/c1-10(2,5-6-12-3)9-8(11)7-13-14(9)4/h7,12H,5-6H2,1-4H3. The van der Waals surface area contributed by atoms with Crippen LogP contribution in [0, 0.1) is 0 Å².